The molecule has 4 heterocycles. The van der Waals surface area contributed by atoms with Crippen molar-refractivity contribution in [1.29, 1.82) is 0 Å². The Morgan fingerprint density at radius 2 is 0.632 bits per heavy atom. The number of fused-ring (bicyclic) bond motifs is 12. The van der Waals surface area contributed by atoms with Crippen molar-refractivity contribution < 1.29 is 0 Å². The Hall–Kier alpha value is -7.62. The van der Waals surface area contributed by atoms with Crippen molar-refractivity contribution in [3.63, 3.8) is 0 Å². The summed E-state index contributed by atoms with van der Waals surface area (Å²) in [7, 11) is 0. The van der Waals surface area contributed by atoms with Crippen LogP contribution in [0.2, 0.25) is 0 Å². The molecular formula is C54H33N3. The van der Waals surface area contributed by atoms with Gasteiger partial charge in [0.15, 0.2) is 0 Å². The maximum atomic E-state index is 2.47. The van der Waals surface area contributed by atoms with Crippen LogP contribution in [-0.4, -0.2) is 13.5 Å². The number of para-hydroxylation sites is 5. The lowest BCUT2D eigenvalue weighted by Crippen LogP contribution is -1.93. The van der Waals surface area contributed by atoms with Crippen molar-refractivity contribution in [3.05, 3.63) is 200 Å². The molecule has 0 atom stereocenters. The molecule has 0 spiro atoms. The molecular weight excluding hydrogens is 691 g/mol. The first kappa shape index (κ1) is 30.7. The van der Waals surface area contributed by atoms with Crippen molar-refractivity contribution in [2.45, 2.75) is 0 Å². The van der Waals surface area contributed by atoms with Crippen LogP contribution in [0.4, 0.5) is 0 Å². The molecule has 0 aliphatic carbocycles. The minimum atomic E-state index is 1.16. The number of nitrogens with zero attached hydrogens (tertiary/aromatic N) is 3. The standard InChI is InChI=1S/C54H33N3/c1-3-12-38(13-4-1)55-48-20-9-8-17-41(48)46-30-34(24-28-50(46)55)35-25-29-51-47(31-35)43-27-23-36(32-52(43)56(51)39-14-5-2-6-15-39)37-22-26-42-45-19-11-18-44-40-16-7-10-21-49(40)57(54(44)45)53(42)33-37/h1-33H. The van der Waals surface area contributed by atoms with Gasteiger partial charge in [-0.15, -0.1) is 0 Å². The van der Waals surface area contributed by atoms with Gasteiger partial charge in [-0.05, 0) is 95.1 Å². The van der Waals surface area contributed by atoms with E-state index in [-0.39, 0.29) is 0 Å². The molecule has 3 nitrogen and oxygen atoms in total. The van der Waals surface area contributed by atoms with Gasteiger partial charge in [0.2, 0.25) is 0 Å². The summed E-state index contributed by atoms with van der Waals surface area (Å²) in [5.74, 6) is 0. The third kappa shape index (κ3) is 4.26. The van der Waals surface area contributed by atoms with Crippen LogP contribution in [0.25, 0.3) is 115 Å². The highest BCUT2D eigenvalue weighted by atomic mass is 15.0. The fraction of sp³-hybridized carbons (Fsp3) is 0. The van der Waals surface area contributed by atoms with Crippen molar-refractivity contribution in [2.24, 2.45) is 0 Å². The van der Waals surface area contributed by atoms with Crippen molar-refractivity contribution in [1.82, 2.24) is 13.5 Å². The zero-order valence-electron chi connectivity index (χ0n) is 30.9. The maximum Gasteiger partial charge on any atom is 0.0620 e. The van der Waals surface area contributed by atoms with E-state index in [4.69, 9.17) is 0 Å². The molecule has 9 aromatic carbocycles. The van der Waals surface area contributed by atoms with E-state index in [0.717, 1.165) is 5.69 Å². The number of benzene rings is 9. The van der Waals surface area contributed by atoms with E-state index < -0.39 is 0 Å². The monoisotopic (exact) mass is 723 g/mol. The Bertz CT molecular complexity index is 3730. The smallest absolute Gasteiger partial charge is 0.0620 e. The number of rotatable bonds is 4. The van der Waals surface area contributed by atoms with Crippen LogP contribution in [0, 0.1) is 0 Å². The largest absolute Gasteiger partial charge is 0.309 e. The molecule has 0 saturated carbocycles. The summed E-state index contributed by atoms with van der Waals surface area (Å²) < 4.78 is 7.28. The third-order valence-electron chi connectivity index (χ3n) is 12.4. The SMILES string of the molecule is c1ccc(-n2c3ccccc3c3cc(-c4ccc5c(c4)c4ccc(-c6ccc7c8cccc9c%10ccccc%10n(c7c6)c98)cc4n5-c4ccccc4)ccc32)cc1. The highest BCUT2D eigenvalue weighted by molar-refractivity contribution is 6.23. The topological polar surface area (TPSA) is 14.3 Å². The molecule has 0 amide bonds. The Balaban J connectivity index is 1.00. The van der Waals surface area contributed by atoms with E-state index in [1.165, 1.54) is 110 Å². The molecule has 0 aliphatic rings. The predicted octanol–water partition coefficient (Wildman–Crippen LogP) is 14.4. The Morgan fingerprint density at radius 1 is 0.228 bits per heavy atom. The van der Waals surface area contributed by atoms with Gasteiger partial charge in [-0.1, -0.05) is 127 Å². The van der Waals surface area contributed by atoms with Gasteiger partial charge in [0, 0.05) is 54.5 Å². The molecule has 0 saturated heterocycles. The van der Waals surface area contributed by atoms with Crippen molar-refractivity contribution >= 4 is 81.7 Å². The average Bonchev–Trinajstić information content (AvgIpc) is 4.00. The molecule has 264 valence electrons. The summed E-state index contributed by atoms with van der Waals surface area (Å²) in [6, 6.07) is 73.7. The van der Waals surface area contributed by atoms with Gasteiger partial charge in [-0.2, -0.15) is 0 Å². The Kier molecular flexibility index (Phi) is 6.16. The molecule has 13 rings (SSSR count). The predicted molar refractivity (Wildman–Crippen MR) is 241 cm³/mol. The van der Waals surface area contributed by atoms with Gasteiger partial charge in [0.25, 0.3) is 0 Å². The van der Waals surface area contributed by atoms with Crippen LogP contribution in [0.5, 0.6) is 0 Å². The van der Waals surface area contributed by atoms with E-state index in [1.807, 2.05) is 0 Å². The van der Waals surface area contributed by atoms with Crippen LogP contribution in [0.3, 0.4) is 0 Å². The van der Waals surface area contributed by atoms with Crippen LogP contribution in [0.15, 0.2) is 200 Å². The van der Waals surface area contributed by atoms with E-state index in [0.29, 0.717) is 0 Å². The highest BCUT2D eigenvalue weighted by Crippen LogP contribution is 2.42. The van der Waals surface area contributed by atoms with Gasteiger partial charge >= 0.3 is 0 Å². The summed E-state index contributed by atoms with van der Waals surface area (Å²) in [6.07, 6.45) is 0. The molecule has 0 aliphatic heterocycles. The zero-order chi connectivity index (χ0) is 37.2. The molecule has 0 fully saturated rings. The molecule has 4 aromatic heterocycles. The van der Waals surface area contributed by atoms with Gasteiger partial charge < -0.3 is 13.5 Å². The Labute approximate surface area is 327 Å². The number of hydrogen-bond acceptors (Lipinski definition) is 0. The lowest BCUT2D eigenvalue weighted by atomic mass is 9.99. The minimum Gasteiger partial charge on any atom is -0.309 e. The second kappa shape index (κ2) is 11.5. The van der Waals surface area contributed by atoms with E-state index in [2.05, 4.69) is 214 Å². The molecule has 0 bridgehead atoms. The van der Waals surface area contributed by atoms with Gasteiger partial charge in [0.1, 0.15) is 0 Å². The van der Waals surface area contributed by atoms with Gasteiger partial charge in [-0.25, -0.2) is 0 Å². The zero-order valence-corrected chi connectivity index (χ0v) is 30.9. The first-order chi connectivity index (χ1) is 28.3. The second-order valence-electron chi connectivity index (χ2n) is 15.3. The maximum absolute atomic E-state index is 2.47. The van der Waals surface area contributed by atoms with Gasteiger partial charge in [0.05, 0.1) is 38.6 Å². The third-order valence-corrected chi connectivity index (χ3v) is 12.4. The highest BCUT2D eigenvalue weighted by Gasteiger charge is 2.19. The lowest BCUT2D eigenvalue weighted by molar-refractivity contribution is 1.18. The summed E-state index contributed by atoms with van der Waals surface area (Å²) in [4.78, 5) is 0. The molecule has 57 heavy (non-hydrogen) atoms. The average molecular weight is 724 g/mol. The van der Waals surface area contributed by atoms with E-state index >= 15 is 0 Å². The van der Waals surface area contributed by atoms with Crippen LogP contribution in [0.1, 0.15) is 0 Å². The molecule has 13 aromatic rings. The summed E-state index contributed by atoms with van der Waals surface area (Å²) in [5, 5.41) is 10.2. The molecule has 0 radical (unpaired) electrons. The summed E-state index contributed by atoms with van der Waals surface area (Å²) in [6.45, 7) is 0. The quantitative estimate of drug-likeness (QED) is 0.172. The molecule has 0 unspecified atom stereocenters. The summed E-state index contributed by atoms with van der Waals surface area (Å²) in [5.41, 5.74) is 15.8. The van der Waals surface area contributed by atoms with Crippen LogP contribution < -0.4 is 0 Å². The number of aromatic nitrogens is 3. The fourth-order valence-corrected chi connectivity index (χ4v) is 9.85. The lowest BCUT2D eigenvalue weighted by Gasteiger charge is -2.10. The fourth-order valence-electron chi connectivity index (χ4n) is 9.85. The van der Waals surface area contributed by atoms with Crippen LogP contribution >= 0.6 is 0 Å². The van der Waals surface area contributed by atoms with Crippen molar-refractivity contribution in [3.8, 4) is 33.6 Å². The molecule has 0 N–H and O–H groups in total. The number of hydrogen-bond donors (Lipinski definition) is 0. The van der Waals surface area contributed by atoms with E-state index in [9.17, 15) is 0 Å². The normalized spacial score (nSPS) is 12.2. The second-order valence-corrected chi connectivity index (χ2v) is 15.3. The van der Waals surface area contributed by atoms with Gasteiger partial charge in [-0.3, -0.25) is 0 Å². The van der Waals surface area contributed by atoms with E-state index in [1.54, 1.807) is 0 Å². The molecule has 3 heteroatoms. The summed E-state index contributed by atoms with van der Waals surface area (Å²) >= 11 is 0. The Morgan fingerprint density at radius 3 is 1.25 bits per heavy atom. The minimum absolute atomic E-state index is 1.16. The van der Waals surface area contributed by atoms with Crippen molar-refractivity contribution in [2.75, 3.05) is 0 Å². The first-order valence-electron chi connectivity index (χ1n) is 19.7. The van der Waals surface area contributed by atoms with Crippen LogP contribution in [-0.2, 0) is 0 Å². The first-order valence-corrected chi connectivity index (χ1v) is 19.7.